The second-order valence-electron chi connectivity index (χ2n) is 8.36. The third kappa shape index (κ3) is 4.26. The number of carbonyl (C=O) groups excluding carboxylic acids is 1. The van der Waals surface area contributed by atoms with Gasteiger partial charge in [-0.1, -0.05) is 48.5 Å². The van der Waals surface area contributed by atoms with Crippen molar-refractivity contribution in [1.29, 1.82) is 0 Å². The van der Waals surface area contributed by atoms with Crippen LogP contribution in [-0.4, -0.2) is 41.7 Å². The van der Waals surface area contributed by atoms with Crippen LogP contribution in [0.3, 0.4) is 0 Å². The van der Waals surface area contributed by atoms with Crippen molar-refractivity contribution in [2.24, 2.45) is 0 Å². The molecular formula is C26H24N2O5. The number of ether oxygens (including phenoxy) is 2. The van der Waals surface area contributed by atoms with E-state index in [9.17, 15) is 14.9 Å². The van der Waals surface area contributed by atoms with Gasteiger partial charge in [0.05, 0.1) is 4.92 Å². The van der Waals surface area contributed by atoms with Gasteiger partial charge in [0.15, 0.2) is 0 Å². The molecule has 5 rings (SSSR count). The minimum Gasteiger partial charge on any atom is -0.490 e. The third-order valence-electron chi connectivity index (χ3n) is 6.39. The van der Waals surface area contributed by atoms with Gasteiger partial charge in [-0.15, -0.1) is 0 Å². The van der Waals surface area contributed by atoms with E-state index in [2.05, 4.69) is 24.3 Å². The summed E-state index contributed by atoms with van der Waals surface area (Å²) in [4.78, 5) is 24.8. The molecule has 168 valence electrons. The normalized spacial score (nSPS) is 15.6. The lowest BCUT2D eigenvalue weighted by Crippen LogP contribution is -2.42. The molecule has 0 aromatic heterocycles. The molecule has 0 atom stereocenters. The number of nitro groups is 1. The number of nitro benzene ring substituents is 1. The number of hydrogen-bond donors (Lipinski definition) is 0. The summed E-state index contributed by atoms with van der Waals surface area (Å²) in [5.74, 6) is 0.643. The fraction of sp³-hybridized carbons (Fsp3) is 0.269. The predicted molar refractivity (Wildman–Crippen MR) is 123 cm³/mol. The van der Waals surface area contributed by atoms with E-state index in [4.69, 9.17) is 9.47 Å². The van der Waals surface area contributed by atoms with Gasteiger partial charge in [0.2, 0.25) is 0 Å². The van der Waals surface area contributed by atoms with Gasteiger partial charge in [0, 0.05) is 44.0 Å². The van der Waals surface area contributed by atoms with Crippen LogP contribution in [-0.2, 0) is 4.74 Å². The highest BCUT2D eigenvalue weighted by Crippen LogP contribution is 2.44. The summed E-state index contributed by atoms with van der Waals surface area (Å²) in [5.41, 5.74) is 4.84. The van der Waals surface area contributed by atoms with Crippen molar-refractivity contribution in [2.45, 2.75) is 24.9 Å². The van der Waals surface area contributed by atoms with Gasteiger partial charge in [-0.25, -0.2) is 4.79 Å². The van der Waals surface area contributed by atoms with Crippen LogP contribution in [0.4, 0.5) is 10.5 Å². The molecule has 3 aromatic carbocycles. The molecule has 1 aliphatic carbocycles. The van der Waals surface area contributed by atoms with Crippen LogP contribution in [0.5, 0.6) is 5.75 Å². The van der Waals surface area contributed by atoms with E-state index >= 15 is 0 Å². The zero-order valence-electron chi connectivity index (χ0n) is 18.1. The molecule has 2 aliphatic rings. The monoisotopic (exact) mass is 444 g/mol. The Bertz CT molecular complexity index is 1120. The highest BCUT2D eigenvalue weighted by Gasteiger charge is 2.30. The van der Waals surface area contributed by atoms with E-state index in [0.29, 0.717) is 38.3 Å². The van der Waals surface area contributed by atoms with Crippen molar-refractivity contribution in [2.75, 3.05) is 19.7 Å². The van der Waals surface area contributed by atoms with Crippen LogP contribution >= 0.6 is 0 Å². The lowest BCUT2D eigenvalue weighted by Gasteiger charge is -2.31. The molecule has 0 N–H and O–H groups in total. The number of non-ortho nitro benzene ring substituents is 1. The summed E-state index contributed by atoms with van der Waals surface area (Å²) in [5, 5.41) is 10.8. The Morgan fingerprint density at radius 1 is 0.909 bits per heavy atom. The number of amides is 1. The highest BCUT2D eigenvalue weighted by atomic mass is 16.6. The summed E-state index contributed by atoms with van der Waals surface area (Å²) >= 11 is 0. The Morgan fingerprint density at radius 3 is 2.06 bits per heavy atom. The third-order valence-corrected chi connectivity index (χ3v) is 6.39. The summed E-state index contributed by atoms with van der Waals surface area (Å²) < 4.78 is 11.7. The summed E-state index contributed by atoms with van der Waals surface area (Å²) in [7, 11) is 0. The fourth-order valence-corrected chi connectivity index (χ4v) is 4.68. The van der Waals surface area contributed by atoms with Gasteiger partial charge in [-0.05, 0) is 34.4 Å². The van der Waals surface area contributed by atoms with Gasteiger partial charge in [-0.2, -0.15) is 0 Å². The number of likely N-dealkylation sites (tertiary alicyclic amines) is 1. The van der Waals surface area contributed by atoms with Crippen molar-refractivity contribution >= 4 is 11.8 Å². The number of benzene rings is 3. The molecule has 1 aliphatic heterocycles. The Kier molecular flexibility index (Phi) is 5.69. The second-order valence-corrected chi connectivity index (χ2v) is 8.36. The van der Waals surface area contributed by atoms with Crippen molar-refractivity contribution in [3.8, 4) is 16.9 Å². The number of piperidine rings is 1. The molecule has 3 aromatic rings. The van der Waals surface area contributed by atoms with E-state index < -0.39 is 4.92 Å². The van der Waals surface area contributed by atoms with Crippen LogP contribution in [0, 0.1) is 10.1 Å². The summed E-state index contributed by atoms with van der Waals surface area (Å²) in [6, 6.07) is 22.6. The van der Waals surface area contributed by atoms with Gasteiger partial charge in [0.25, 0.3) is 5.69 Å². The van der Waals surface area contributed by atoms with Gasteiger partial charge < -0.3 is 14.4 Å². The second kappa shape index (κ2) is 8.94. The number of fused-ring (bicyclic) bond motifs is 3. The number of rotatable bonds is 5. The molecule has 0 unspecified atom stereocenters. The minimum absolute atomic E-state index is 0.0347. The quantitative estimate of drug-likeness (QED) is 0.389. The maximum Gasteiger partial charge on any atom is 0.409 e. The molecule has 0 spiro atoms. The molecule has 1 amide bonds. The average molecular weight is 444 g/mol. The van der Waals surface area contributed by atoms with Crippen LogP contribution in [0.25, 0.3) is 11.1 Å². The SMILES string of the molecule is O=C(OCC1c2ccccc2-c2ccccc21)N1CCC(Oc2ccc([N+](=O)[O-])cc2)CC1. The standard InChI is InChI=1S/C26H24N2O5/c29-26(27-15-13-20(14-16-27)33-19-11-9-18(10-12-19)28(30)31)32-17-25-23-7-3-1-5-21(23)22-6-2-4-8-24(22)25/h1-12,20,25H,13-17H2. The first-order valence-corrected chi connectivity index (χ1v) is 11.1. The molecule has 33 heavy (non-hydrogen) atoms. The molecule has 7 nitrogen and oxygen atoms in total. The Labute approximate surface area is 191 Å². The molecule has 7 heteroatoms. The zero-order valence-corrected chi connectivity index (χ0v) is 18.1. The zero-order chi connectivity index (χ0) is 22.8. The maximum absolute atomic E-state index is 12.7. The smallest absolute Gasteiger partial charge is 0.409 e. The summed E-state index contributed by atoms with van der Waals surface area (Å²) in [6.45, 7) is 1.41. The molecular weight excluding hydrogens is 420 g/mol. The first-order chi connectivity index (χ1) is 16.1. The molecule has 0 radical (unpaired) electrons. The van der Waals surface area contributed by atoms with Crippen molar-refractivity contribution < 1.29 is 19.2 Å². The van der Waals surface area contributed by atoms with Crippen LogP contribution in [0.1, 0.15) is 29.9 Å². The topological polar surface area (TPSA) is 81.9 Å². The first-order valence-electron chi connectivity index (χ1n) is 11.1. The average Bonchev–Trinajstić information content (AvgIpc) is 3.17. The maximum atomic E-state index is 12.7. The predicted octanol–water partition coefficient (Wildman–Crippen LogP) is 5.39. The van der Waals surface area contributed by atoms with E-state index in [1.54, 1.807) is 17.0 Å². The lowest BCUT2D eigenvalue weighted by atomic mass is 9.98. The van der Waals surface area contributed by atoms with Crippen LogP contribution < -0.4 is 4.74 Å². The van der Waals surface area contributed by atoms with Crippen molar-refractivity contribution in [3.63, 3.8) is 0 Å². The largest absolute Gasteiger partial charge is 0.490 e. The number of hydrogen-bond acceptors (Lipinski definition) is 5. The van der Waals surface area contributed by atoms with E-state index in [0.717, 1.165) is 0 Å². The van der Waals surface area contributed by atoms with Crippen molar-refractivity contribution in [1.82, 2.24) is 4.90 Å². The minimum atomic E-state index is -0.434. The van der Waals surface area contributed by atoms with Crippen molar-refractivity contribution in [3.05, 3.63) is 94.0 Å². The lowest BCUT2D eigenvalue weighted by molar-refractivity contribution is -0.384. The van der Waals surface area contributed by atoms with Gasteiger partial charge in [0.1, 0.15) is 18.5 Å². The molecule has 1 saturated heterocycles. The highest BCUT2D eigenvalue weighted by molar-refractivity contribution is 5.79. The molecule has 1 fully saturated rings. The Morgan fingerprint density at radius 2 is 1.48 bits per heavy atom. The van der Waals surface area contributed by atoms with Crippen LogP contribution in [0.15, 0.2) is 72.8 Å². The van der Waals surface area contributed by atoms with E-state index in [-0.39, 0.29) is 23.8 Å². The summed E-state index contributed by atoms with van der Waals surface area (Å²) in [6.07, 6.45) is 1.03. The Balaban J connectivity index is 1.15. The van der Waals surface area contributed by atoms with Crippen LogP contribution in [0.2, 0.25) is 0 Å². The first kappa shape index (κ1) is 21.0. The Hall–Kier alpha value is -3.87. The van der Waals surface area contributed by atoms with E-state index in [1.165, 1.54) is 34.4 Å². The van der Waals surface area contributed by atoms with Gasteiger partial charge >= 0.3 is 6.09 Å². The molecule has 0 bridgehead atoms. The number of carbonyl (C=O) groups is 1. The van der Waals surface area contributed by atoms with E-state index in [1.807, 2.05) is 24.3 Å². The number of nitrogens with zero attached hydrogens (tertiary/aromatic N) is 2. The van der Waals surface area contributed by atoms with Gasteiger partial charge in [-0.3, -0.25) is 10.1 Å². The fourth-order valence-electron chi connectivity index (χ4n) is 4.68. The molecule has 1 heterocycles. The molecule has 0 saturated carbocycles.